The van der Waals surface area contributed by atoms with E-state index in [-0.39, 0.29) is 48.4 Å². The Labute approximate surface area is 237 Å². The van der Waals surface area contributed by atoms with Crippen LogP contribution in [0, 0.1) is 17.7 Å². The van der Waals surface area contributed by atoms with Gasteiger partial charge >= 0.3 is 5.97 Å². The van der Waals surface area contributed by atoms with E-state index >= 15 is 0 Å². The van der Waals surface area contributed by atoms with Crippen LogP contribution in [0.25, 0.3) is 11.0 Å². The number of H-pyrrole nitrogens is 1. The van der Waals surface area contributed by atoms with Gasteiger partial charge in [-0.1, -0.05) is 32.0 Å². The number of imidazole rings is 1. The second-order valence-electron chi connectivity index (χ2n) is 10.1. The summed E-state index contributed by atoms with van der Waals surface area (Å²) in [6.45, 7) is 5.80. The van der Waals surface area contributed by atoms with Gasteiger partial charge < -0.3 is 19.8 Å². The highest BCUT2D eigenvalue weighted by Crippen LogP contribution is 2.41. The Bertz CT molecular complexity index is 1120. The number of likely N-dealkylation sites (N-methyl/N-ethyl adjacent to an activating group) is 1. The van der Waals surface area contributed by atoms with Crippen LogP contribution in [0.5, 0.6) is 0 Å². The molecule has 1 aliphatic rings. The van der Waals surface area contributed by atoms with E-state index < -0.39 is 6.10 Å². The first-order chi connectivity index (χ1) is 17.5. The topological polar surface area (TPSA) is 76.2 Å². The molecule has 0 saturated heterocycles. The molecule has 9 heteroatoms. The quantitative estimate of drug-likeness (QED) is 0.207. The average molecular weight is 569 g/mol. The van der Waals surface area contributed by atoms with Gasteiger partial charge in [0.15, 0.2) is 6.10 Å². The molecule has 0 aliphatic heterocycles. The summed E-state index contributed by atoms with van der Waals surface area (Å²) in [6.07, 6.45) is 3.18. The summed E-state index contributed by atoms with van der Waals surface area (Å²) < 4.78 is 25.6. The summed E-state index contributed by atoms with van der Waals surface area (Å²) in [5, 5.41) is 3.00. The van der Waals surface area contributed by atoms with Gasteiger partial charge in [0.1, 0.15) is 18.2 Å². The number of hydrogen-bond donors (Lipinski definition) is 2. The van der Waals surface area contributed by atoms with Crippen molar-refractivity contribution in [1.29, 1.82) is 0 Å². The van der Waals surface area contributed by atoms with Crippen LogP contribution >= 0.6 is 24.8 Å². The maximum atomic E-state index is 13.8. The minimum atomic E-state index is -0.617. The largest absolute Gasteiger partial charge is 0.462 e. The van der Waals surface area contributed by atoms with Gasteiger partial charge in [-0.15, -0.1) is 24.8 Å². The fraction of sp³-hybridized carbons (Fsp3) is 0.517. The molecule has 4 rings (SSSR count). The average Bonchev–Trinajstić information content (AvgIpc) is 3.28. The zero-order chi connectivity index (χ0) is 25.5. The fourth-order valence-electron chi connectivity index (χ4n) is 5.42. The molecular weight excluding hydrogens is 528 g/mol. The van der Waals surface area contributed by atoms with Gasteiger partial charge in [-0.2, -0.15) is 0 Å². The second kappa shape index (κ2) is 15.4. The lowest BCUT2D eigenvalue weighted by Gasteiger charge is -2.37. The maximum absolute atomic E-state index is 13.8. The minimum absolute atomic E-state index is 0. The van der Waals surface area contributed by atoms with Crippen molar-refractivity contribution < 1.29 is 18.7 Å². The number of fused-ring (bicyclic) bond motifs is 2. The number of carbonyl (C=O) groups excluding carboxylic acids is 1. The van der Waals surface area contributed by atoms with Crippen molar-refractivity contribution in [2.75, 3.05) is 26.8 Å². The monoisotopic (exact) mass is 567 g/mol. The molecule has 0 amide bonds. The molecule has 0 spiro atoms. The zero-order valence-electron chi connectivity index (χ0n) is 22.4. The molecule has 6 nitrogen and oxygen atoms in total. The van der Waals surface area contributed by atoms with Crippen molar-refractivity contribution in [2.45, 2.75) is 58.0 Å². The van der Waals surface area contributed by atoms with E-state index in [0.29, 0.717) is 32.1 Å². The predicted octanol–water partition coefficient (Wildman–Crippen LogP) is 6.02. The lowest BCUT2D eigenvalue weighted by Crippen LogP contribution is -2.34. The van der Waals surface area contributed by atoms with Crippen molar-refractivity contribution >= 4 is 41.8 Å². The van der Waals surface area contributed by atoms with E-state index in [1.54, 1.807) is 12.1 Å². The van der Waals surface area contributed by atoms with E-state index in [9.17, 15) is 9.18 Å². The van der Waals surface area contributed by atoms with Gasteiger partial charge in [0.2, 0.25) is 0 Å². The summed E-state index contributed by atoms with van der Waals surface area (Å²) in [4.78, 5) is 20.9. The molecule has 210 valence electrons. The lowest BCUT2D eigenvalue weighted by atomic mass is 9.70. The van der Waals surface area contributed by atoms with Crippen LogP contribution in [0.4, 0.5) is 4.39 Å². The number of aromatic amines is 1. The Morgan fingerprint density at radius 1 is 1.21 bits per heavy atom. The molecule has 0 saturated carbocycles. The van der Waals surface area contributed by atoms with Crippen molar-refractivity contribution in [3.05, 3.63) is 65.2 Å². The number of esters is 1. The number of benzene rings is 2. The molecule has 2 N–H and O–H groups in total. The molecule has 3 unspecified atom stereocenters. The van der Waals surface area contributed by atoms with Crippen LogP contribution in [0.2, 0.25) is 0 Å². The molecule has 0 bridgehead atoms. The van der Waals surface area contributed by atoms with Crippen molar-refractivity contribution in [1.82, 2.24) is 15.3 Å². The lowest BCUT2D eigenvalue weighted by molar-refractivity contribution is -0.159. The summed E-state index contributed by atoms with van der Waals surface area (Å²) in [7, 11) is 1.83. The van der Waals surface area contributed by atoms with E-state index in [1.165, 1.54) is 5.56 Å². The molecule has 0 fully saturated rings. The molecule has 38 heavy (non-hydrogen) atoms. The van der Waals surface area contributed by atoms with Gasteiger partial charge in [-0.05, 0) is 85.9 Å². The van der Waals surface area contributed by atoms with E-state index in [0.717, 1.165) is 48.1 Å². The van der Waals surface area contributed by atoms with Gasteiger partial charge in [0.25, 0.3) is 0 Å². The third-order valence-electron chi connectivity index (χ3n) is 7.16. The van der Waals surface area contributed by atoms with Crippen LogP contribution in [0.15, 0.2) is 42.5 Å². The van der Waals surface area contributed by atoms with Crippen LogP contribution in [0.1, 0.15) is 56.0 Å². The summed E-state index contributed by atoms with van der Waals surface area (Å²) in [5.41, 5.74) is 4.27. The van der Waals surface area contributed by atoms with E-state index in [1.807, 2.05) is 37.4 Å². The summed E-state index contributed by atoms with van der Waals surface area (Å²) in [6, 6.07) is 13.1. The molecule has 3 aromatic rings. The SMILES string of the molecule is CNCCOC(=O)C(CCCc1nc2ccccc2[nH]1)OCC1CCc2cc(F)ccc2C1C(C)C.Cl.Cl. The maximum Gasteiger partial charge on any atom is 0.335 e. The van der Waals surface area contributed by atoms with Crippen LogP contribution in [0.3, 0.4) is 0 Å². The zero-order valence-corrected chi connectivity index (χ0v) is 24.0. The fourth-order valence-corrected chi connectivity index (χ4v) is 5.42. The number of aryl methyl sites for hydroxylation is 2. The second-order valence-corrected chi connectivity index (χ2v) is 10.1. The number of nitrogens with zero attached hydrogens (tertiary/aromatic N) is 1. The first-order valence-corrected chi connectivity index (χ1v) is 13.1. The van der Waals surface area contributed by atoms with Crippen LogP contribution in [-0.2, 0) is 27.1 Å². The molecule has 0 radical (unpaired) electrons. The van der Waals surface area contributed by atoms with Crippen molar-refractivity contribution in [2.24, 2.45) is 11.8 Å². The number of rotatable bonds is 12. The minimum Gasteiger partial charge on any atom is -0.462 e. The predicted molar refractivity (Wildman–Crippen MR) is 154 cm³/mol. The first kappa shape index (κ1) is 32.0. The van der Waals surface area contributed by atoms with Gasteiger partial charge in [-0.3, -0.25) is 0 Å². The number of hydrogen-bond acceptors (Lipinski definition) is 5. The Kier molecular flexibility index (Phi) is 13.0. The van der Waals surface area contributed by atoms with Crippen LogP contribution in [-0.4, -0.2) is 48.8 Å². The molecule has 3 atom stereocenters. The number of aromatic nitrogens is 2. The Balaban J connectivity index is 0.00000253. The summed E-state index contributed by atoms with van der Waals surface area (Å²) >= 11 is 0. The van der Waals surface area contributed by atoms with Crippen LogP contribution < -0.4 is 5.32 Å². The molecule has 1 aromatic heterocycles. The molecule has 2 aromatic carbocycles. The Hall–Kier alpha value is -2.19. The third kappa shape index (κ3) is 8.15. The number of carbonyl (C=O) groups is 1. The highest BCUT2D eigenvalue weighted by molar-refractivity contribution is 5.85. The van der Waals surface area contributed by atoms with Gasteiger partial charge in [-0.25, -0.2) is 14.2 Å². The van der Waals surface area contributed by atoms with Crippen molar-refractivity contribution in [3.8, 4) is 0 Å². The molecule has 1 aliphatic carbocycles. The van der Waals surface area contributed by atoms with Gasteiger partial charge in [0, 0.05) is 13.0 Å². The Morgan fingerprint density at radius 3 is 2.74 bits per heavy atom. The number of para-hydroxylation sites is 2. The van der Waals surface area contributed by atoms with Gasteiger partial charge in [0.05, 0.1) is 17.6 Å². The van der Waals surface area contributed by atoms with Crippen molar-refractivity contribution in [3.63, 3.8) is 0 Å². The first-order valence-electron chi connectivity index (χ1n) is 13.1. The highest BCUT2D eigenvalue weighted by atomic mass is 35.5. The summed E-state index contributed by atoms with van der Waals surface area (Å²) in [5.74, 6) is 1.34. The molecular formula is C29H40Cl2FN3O3. The molecule has 1 heterocycles. The smallest absolute Gasteiger partial charge is 0.335 e. The standard InChI is InChI=1S/C29H38FN3O3.2ClH/c1-19(2)28-21(12-11-20-17-22(30)13-14-23(20)28)18-36-26(29(34)35-16-15-31-3)9-6-10-27-32-24-7-4-5-8-25(24)33-27;;/h4-5,7-8,13-14,17,19,21,26,28,31H,6,9-12,15-16,18H2,1-3H3,(H,32,33);2*1H. The third-order valence-corrected chi connectivity index (χ3v) is 7.16. The number of ether oxygens (including phenoxy) is 2. The normalized spacial score (nSPS) is 17.4. The highest BCUT2D eigenvalue weighted by Gasteiger charge is 2.33. The number of nitrogens with one attached hydrogen (secondary N) is 2. The van der Waals surface area contributed by atoms with E-state index in [2.05, 4.69) is 29.1 Å². The Morgan fingerprint density at radius 2 is 2.00 bits per heavy atom. The number of halogens is 3. The van der Waals surface area contributed by atoms with E-state index in [4.69, 9.17) is 9.47 Å².